The lowest BCUT2D eigenvalue weighted by molar-refractivity contribution is -0.991. The van der Waals surface area contributed by atoms with Crippen LogP contribution >= 0.6 is 0 Å². The Hall–Kier alpha value is -2.14. The lowest BCUT2D eigenvalue weighted by Crippen LogP contribution is -2.99. The maximum atomic E-state index is 11.0. The molecule has 4 heteroatoms. The molecule has 0 saturated heterocycles. The van der Waals surface area contributed by atoms with Crippen molar-refractivity contribution in [1.29, 1.82) is 0 Å². The molecule has 0 amide bonds. The quantitative estimate of drug-likeness (QED) is 0.717. The Morgan fingerprint density at radius 1 is 1.10 bits per heavy atom. The van der Waals surface area contributed by atoms with E-state index in [4.69, 9.17) is 5.21 Å². The molecular formula is C16H16N2O2. The average molecular weight is 268 g/mol. The third-order valence-electron chi connectivity index (χ3n) is 3.50. The van der Waals surface area contributed by atoms with Gasteiger partial charge < -0.3 is 9.61 Å². The van der Waals surface area contributed by atoms with Crippen molar-refractivity contribution in [2.24, 2.45) is 0 Å². The van der Waals surface area contributed by atoms with Crippen LogP contribution in [0.1, 0.15) is 12.5 Å². The summed E-state index contributed by atoms with van der Waals surface area (Å²) in [5.74, 6) is 0. The van der Waals surface area contributed by atoms with Crippen LogP contribution in [0.5, 0.6) is 0 Å². The molecule has 20 heavy (non-hydrogen) atoms. The third-order valence-corrected chi connectivity index (χ3v) is 3.50. The van der Waals surface area contributed by atoms with E-state index in [-0.39, 0.29) is 0 Å². The molecule has 1 atom stereocenters. The number of hydrogen-bond acceptors (Lipinski definition) is 2. The van der Waals surface area contributed by atoms with Gasteiger partial charge in [-0.3, -0.25) is 0 Å². The zero-order valence-electron chi connectivity index (χ0n) is 11.2. The monoisotopic (exact) mass is 268 g/mol. The Balaban J connectivity index is 2.07. The van der Waals surface area contributed by atoms with Gasteiger partial charge >= 0.3 is 0 Å². The van der Waals surface area contributed by atoms with Gasteiger partial charge in [0.15, 0.2) is 5.69 Å². The van der Waals surface area contributed by atoms with Crippen LogP contribution < -0.4 is 5.23 Å². The molecule has 2 heterocycles. The zero-order valence-corrected chi connectivity index (χ0v) is 11.2. The van der Waals surface area contributed by atoms with Gasteiger partial charge in [0, 0.05) is 35.6 Å². The average Bonchev–Trinajstić information content (AvgIpc) is 2.90. The van der Waals surface area contributed by atoms with Gasteiger partial charge in [-0.25, -0.2) is 5.21 Å². The second kappa shape index (κ2) is 5.09. The Morgan fingerprint density at radius 3 is 2.70 bits per heavy atom. The van der Waals surface area contributed by atoms with E-state index >= 15 is 0 Å². The number of hydrogen-bond donors (Lipinski definition) is 2. The molecule has 0 bridgehead atoms. The SMILES string of the molecule is CCc1ccc2cc(-c3cccc([NH+]([O-])O)c3)cn2c1. The molecule has 0 aliphatic carbocycles. The highest BCUT2D eigenvalue weighted by atomic mass is 16.8. The predicted octanol–water partition coefficient (Wildman–Crippen LogP) is 2.57. The molecule has 0 fully saturated rings. The van der Waals surface area contributed by atoms with E-state index in [0.29, 0.717) is 5.69 Å². The molecule has 1 aromatic carbocycles. The Morgan fingerprint density at radius 2 is 1.95 bits per heavy atom. The summed E-state index contributed by atoms with van der Waals surface area (Å²) in [7, 11) is 0. The molecule has 0 radical (unpaired) electrons. The van der Waals surface area contributed by atoms with E-state index in [9.17, 15) is 5.21 Å². The van der Waals surface area contributed by atoms with Gasteiger partial charge in [0.25, 0.3) is 0 Å². The smallest absolute Gasteiger partial charge is 0.164 e. The molecule has 102 valence electrons. The van der Waals surface area contributed by atoms with Crippen LogP contribution in [-0.2, 0) is 6.42 Å². The van der Waals surface area contributed by atoms with Crippen LogP contribution in [0.25, 0.3) is 16.6 Å². The molecule has 2 aromatic heterocycles. The predicted molar refractivity (Wildman–Crippen MR) is 78.0 cm³/mol. The minimum absolute atomic E-state index is 0.312. The summed E-state index contributed by atoms with van der Waals surface area (Å²) in [4.78, 5) is 0. The third kappa shape index (κ3) is 2.32. The first-order chi connectivity index (χ1) is 9.67. The van der Waals surface area contributed by atoms with Crippen LogP contribution in [-0.4, -0.2) is 9.61 Å². The van der Waals surface area contributed by atoms with Gasteiger partial charge in [0.05, 0.1) is 0 Å². The second-order valence-electron chi connectivity index (χ2n) is 4.84. The molecule has 0 spiro atoms. The maximum Gasteiger partial charge on any atom is 0.164 e. The number of fused-ring (bicyclic) bond motifs is 1. The van der Waals surface area contributed by atoms with Crippen molar-refractivity contribution in [2.45, 2.75) is 13.3 Å². The molecule has 4 nitrogen and oxygen atoms in total. The Kier molecular flexibility index (Phi) is 3.28. The summed E-state index contributed by atoms with van der Waals surface area (Å²) in [6.45, 7) is 2.13. The van der Waals surface area contributed by atoms with Crippen molar-refractivity contribution in [3.63, 3.8) is 0 Å². The van der Waals surface area contributed by atoms with E-state index in [1.807, 2.05) is 12.3 Å². The summed E-state index contributed by atoms with van der Waals surface area (Å²) < 4.78 is 2.08. The van der Waals surface area contributed by atoms with Crippen LogP contribution in [0.3, 0.4) is 0 Å². The fraction of sp³-hybridized carbons (Fsp3) is 0.125. The first-order valence-electron chi connectivity index (χ1n) is 6.62. The lowest BCUT2D eigenvalue weighted by Gasteiger charge is -2.11. The van der Waals surface area contributed by atoms with Gasteiger partial charge in [-0.15, -0.1) is 0 Å². The lowest BCUT2D eigenvalue weighted by atomic mass is 10.1. The van der Waals surface area contributed by atoms with Crippen molar-refractivity contribution in [1.82, 2.24) is 4.40 Å². The summed E-state index contributed by atoms with van der Waals surface area (Å²) in [6, 6.07) is 13.3. The van der Waals surface area contributed by atoms with Crippen LogP contribution in [0.4, 0.5) is 5.69 Å². The summed E-state index contributed by atoms with van der Waals surface area (Å²) >= 11 is 0. The molecule has 1 unspecified atom stereocenters. The van der Waals surface area contributed by atoms with E-state index < -0.39 is 5.23 Å². The molecule has 3 aromatic rings. The number of rotatable bonds is 3. The van der Waals surface area contributed by atoms with Crippen molar-refractivity contribution in [3.05, 3.63) is 65.6 Å². The van der Waals surface area contributed by atoms with Gasteiger partial charge in [0.2, 0.25) is 0 Å². The van der Waals surface area contributed by atoms with Crippen molar-refractivity contribution >= 4 is 11.2 Å². The first-order valence-corrected chi connectivity index (χ1v) is 6.62. The van der Waals surface area contributed by atoms with E-state index in [1.165, 1.54) is 5.56 Å². The fourth-order valence-corrected chi connectivity index (χ4v) is 2.35. The largest absolute Gasteiger partial charge is 0.595 e. The fourth-order valence-electron chi connectivity index (χ4n) is 2.35. The molecule has 3 rings (SSSR count). The topological polar surface area (TPSA) is 52.1 Å². The Labute approximate surface area is 117 Å². The highest BCUT2D eigenvalue weighted by molar-refractivity contribution is 5.71. The van der Waals surface area contributed by atoms with E-state index in [2.05, 4.69) is 35.7 Å². The first kappa shape index (κ1) is 12.9. The number of benzene rings is 1. The summed E-state index contributed by atoms with van der Waals surface area (Å²) in [5, 5.41) is 19.2. The van der Waals surface area contributed by atoms with Gasteiger partial charge in [-0.1, -0.05) is 25.1 Å². The molecular weight excluding hydrogens is 252 g/mol. The molecule has 0 saturated carbocycles. The molecule has 0 aliphatic rings. The minimum atomic E-state index is -0.899. The van der Waals surface area contributed by atoms with Crippen LogP contribution in [0, 0.1) is 5.21 Å². The number of quaternary nitrogens is 1. The minimum Gasteiger partial charge on any atom is -0.595 e. The number of nitrogens with one attached hydrogen (secondary N) is 1. The standard InChI is InChI=1S/C16H16N2O2/c1-2-12-6-7-15-9-14(11-17(15)10-12)13-4-3-5-16(8-13)18(19)20/h3-11,18-19H,2H2,1H3. The number of pyridine rings is 1. The van der Waals surface area contributed by atoms with Crippen LogP contribution in [0.15, 0.2) is 54.9 Å². The van der Waals surface area contributed by atoms with Crippen LogP contribution in [0.2, 0.25) is 0 Å². The van der Waals surface area contributed by atoms with Gasteiger partial charge in [-0.2, -0.15) is 5.23 Å². The highest BCUT2D eigenvalue weighted by Gasteiger charge is 2.06. The van der Waals surface area contributed by atoms with Gasteiger partial charge in [0.1, 0.15) is 0 Å². The normalized spacial score (nSPS) is 12.8. The molecule has 2 N–H and O–H groups in total. The number of aryl methyl sites for hydroxylation is 1. The van der Waals surface area contributed by atoms with E-state index in [0.717, 1.165) is 23.1 Å². The number of nitrogens with zero attached hydrogens (tertiary/aromatic N) is 1. The summed E-state index contributed by atoms with van der Waals surface area (Å²) in [5.41, 5.74) is 4.65. The van der Waals surface area contributed by atoms with Crippen molar-refractivity contribution in [3.8, 4) is 11.1 Å². The zero-order chi connectivity index (χ0) is 14.1. The maximum absolute atomic E-state index is 11.0. The van der Waals surface area contributed by atoms with Crippen molar-refractivity contribution in [2.75, 3.05) is 0 Å². The second-order valence-corrected chi connectivity index (χ2v) is 4.84. The van der Waals surface area contributed by atoms with E-state index in [1.54, 1.807) is 18.2 Å². The highest BCUT2D eigenvalue weighted by Crippen LogP contribution is 2.24. The number of aromatic nitrogens is 1. The van der Waals surface area contributed by atoms with Crippen molar-refractivity contribution < 1.29 is 10.4 Å². The van der Waals surface area contributed by atoms with Gasteiger partial charge in [-0.05, 0) is 29.7 Å². The summed E-state index contributed by atoms with van der Waals surface area (Å²) in [6.07, 6.45) is 5.15. The Bertz CT molecular complexity index is 747. The molecule has 0 aliphatic heterocycles.